The number of urea groups is 1. The molecule has 1 fully saturated rings. The lowest BCUT2D eigenvalue weighted by Gasteiger charge is -2.21. The second-order valence-corrected chi connectivity index (χ2v) is 5.72. The number of rotatable bonds is 2. The summed E-state index contributed by atoms with van der Waals surface area (Å²) in [6.45, 7) is -0.00688. The van der Waals surface area contributed by atoms with Crippen LogP contribution in [0.25, 0.3) is 0 Å². The maximum absolute atomic E-state index is 12.1. The molecule has 0 aromatic heterocycles. The fourth-order valence-electron chi connectivity index (χ4n) is 2.04. The van der Waals surface area contributed by atoms with Crippen LogP contribution < -0.4 is 5.32 Å². The van der Waals surface area contributed by atoms with E-state index in [0.717, 1.165) is 4.90 Å². The number of amides is 2. The van der Waals surface area contributed by atoms with Gasteiger partial charge in [-0.25, -0.2) is 9.59 Å². The van der Waals surface area contributed by atoms with Crippen molar-refractivity contribution in [3.8, 4) is 0 Å². The Hall–Kier alpha value is -1.31. The highest BCUT2D eigenvalue weighted by Crippen LogP contribution is 2.26. The number of halogens is 2. The first kappa shape index (κ1) is 15.1. The van der Waals surface area contributed by atoms with Gasteiger partial charge < -0.3 is 20.4 Å². The van der Waals surface area contributed by atoms with Crippen molar-refractivity contribution in [3.63, 3.8) is 0 Å². The third-order valence-electron chi connectivity index (χ3n) is 3.00. The third-order valence-corrected chi connectivity index (χ3v) is 4.23. The molecule has 0 bridgehead atoms. The highest BCUT2D eigenvalue weighted by molar-refractivity contribution is 9.10. The first-order chi connectivity index (χ1) is 9.38. The molecular weight excluding hydrogens is 351 g/mol. The summed E-state index contributed by atoms with van der Waals surface area (Å²) in [5, 5.41) is 21.5. The number of likely N-dealkylation sites (tertiary alicyclic amines) is 1. The molecule has 2 atom stereocenters. The molecule has 0 aliphatic carbocycles. The van der Waals surface area contributed by atoms with Crippen molar-refractivity contribution in [2.45, 2.75) is 18.6 Å². The summed E-state index contributed by atoms with van der Waals surface area (Å²) >= 11 is 9.15. The van der Waals surface area contributed by atoms with Crippen LogP contribution in [-0.2, 0) is 4.79 Å². The second-order valence-electron chi connectivity index (χ2n) is 4.45. The van der Waals surface area contributed by atoms with Gasteiger partial charge in [0, 0.05) is 23.1 Å². The number of carboxylic acid groups (broad SMARTS) is 1. The van der Waals surface area contributed by atoms with Gasteiger partial charge in [0.05, 0.1) is 11.1 Å². The van der Waals surface area contributed by atoms with Gasteiger partial charge in [0.15, 0.2) is 0 Å². The molecular formula is C12H12BrClN2O4. The number of aliphatic carboxylic acids is 1. The summed E-state index contributed by atoms with van der Waals surface area (Å²) in [6, 6.07) is 3.26. The highest BCUT2D eigenvalue weighted by atomic mass is 79.9. The summed E-state index contributed by atoms with van der Waals surface area (Å²) in [4.78, 5) is 24.2. The van der Waals surface area contributed by atoms with Gasteiger partial charge in [-0.3, -0.25) is 0 Å². The van der Waals surface area contributed by atoms with Crippen molar-refractivity contribution in [2.75, 3.05) is 11.9 Å². The lowest BCUT2D eigenvalue weighted by molar-refractivity contribution is -0.141. The maximum Gasteiger partial charge on any atom is 0.326 e. The Morgan fingerprint density at radius 3 is 2.75 bits per heavy atom. The minimum absolute atomic E-state index is 0.00688. The van der Waals surface area contributed by atoms with Gasteiger partial charge >= 0.3 is 12.0 Å². The molecule has 20 heavy (non-hydrogen) atoms. The van der Waals surface area contributed by atoms with E-state index in [1.807, 2.05) is 0 Å². The second kappa shape index (κ2) is 5.99. The smallest absolute Gasteiger partial charge is 0.326 e. The fourth-order valence-corrected chi connectivity index (χ4v) is 2.47. The number of β-amino-alcohol motifs (C(OH)–C–C–N with tert-alkyl or cyclic N) is 1. The van der Waals surface area contributed by atoms with Gasteiger partial charge in [0.2, 0.25) is 0 Å². The van der Waals surface area contributed by atoms with Gasteiger partial charge in [0.1, 0.15) is 6.04 Å². The monoisotopic (exact) mass is 362 g/mol. The van der Waals surface area contributed by atoms with Crippen LogP contribution in [0.1, 0.15) is 6.42 Å². The van der Waals surface area contributed by atoms with Crippen LogP contribution in [0.3, 0.4) is 0 Å². The molecule has 8 heteroatoms. The number of nitrogens with zero attached hydrogens (tertiary/aromatic N) is 1. The van der Waals surface area contributed by atoms with Crippen LogP contribution in [0.2, 0.25) is 5.02 Å². The molecule has 1 aliphatic rings. The predicted molar refractivity (Wildman–Crippen MR) is 76.9 cm³/mol. The summed E-state index contributed by atoms with van der Waals surface area (Å²) < 4.78 is 0.692. The predicted octanol–water partition coefficient (Wildman–Crippen LogP) is 2.15. The first-order valence-corrected chi connectivity index (χ1v) is 6.99. The van der Waals surface area contributed by atoms with E-state index in [-0.39, 0.29) is 13.0 Å². The van der Waals surface area contributed by atoms with Crippen LogP contribution in [0.4, 0.5) is 10.5 Å². The van der Waals surface area contributed by atoms with Crippen LogP contribution >= 0.6 is 27.5 Å². The Morgan fingerprint density at radius 2 is 2.15 bits per heavy atom. The molecule has 0 spiro atoms. The Morgan fingerprint density at radius 1 is 1.45 bits per heavy atom. The SMILES string of the molecule is O=C(O)[C@@H]1CC(O)CN1C(=O)Nc1ccc(Br)c(Cl)c1. The van der Waals surface area contributed by atoms with E-state index in [4.69, 9.17) is 16.7 Å². The van der Waals surface area contributed by atoms with Crippen LogP contribution in [0.15, 0.2) is 22.7 Å². The zero-order chi connectivity index (χ0) is 14.9. The molecule has 108 valence electrons. The number of nitrogens with one attached hydrogen (secondary N) is 1. The summed E-state index contributed by atoms with van der Waals surface area (Å²) in [5.74, 6) is -1.13. The molecule has 2 rings (SSSR count). The normalized spacial score (nSPS) is 21.9. The van der Waals surface area contributed by atoms with Gasteiger partial charge in [-0.1, -0.05) is 11.6 Å². The third kappa shape index (κ3) is 3.23. The minimum atomic E-state index is -1.13. The number of anilines is 1. The van der Waals surface area contributed by atoms with Crippen molar-refractivity contribution in [1.29, 1.82) is 0 Å². The van der Waals surface area contributed by atoms with Crippen LogP contribution in [0.5, 0.6) is 0 Å². The lowest BCUT2D eigenvalue weighted by Crippen LogP contribution is -2.43. The zero-order valence-corrected chi connectivity index (χ0v) is 12.6. The molecule has 1 saturated heterocycles. The zero-order valence-electron chi connectivity index (χ0n) is 10.2. The summed E-state index contributed by atoms with van der Waals surface area (Å²) in [6.07, 6.45) is -0.792. The van der Waals surface area contributed by atoms with Crippen molar-refractivity contribution in [3.05, 3.63) is 27.7 Å². The number of carbonyl (C=O) groups excluding carboxylic acids is 1. The van der Waals surface area contributed by atoms with Gasteiger partial charge in [0.25, 0.3) is 0 Å². The molecule has 0 radical (unpaired) electrons. The van der Waals surface area contributed by atoms with E-state index in [1.165, 1.54) is 0 Å². The number of carboxylic acids is 1. The van der Waals surface area contributed by atoms with Gasteiger partial charge in [-0.05, 0) is 34.1 Å². The summed E-state index contributed by atoms with van der Waals surface area (Å²) in [7, 11) is 0. The molecule has 1 heterocycles. The van der Waals surface area contributed by atoms with Gasteiger partial charge in [-0.15, -0.1) is 0 Å². The van der Waals surface area contributed by atoms with E-state index in [1.54, 1.807) is 18.2 Å². The van der Waals surface area contributed by atoms with Crippen molar-refractivity contribution < 1.29 is 19.8 Å². The molecule has 2 amide bonds. The topological polar surface area (TPSA) is 89.9 Å². The van der Waals surface area contributed by atoms with Crippen LogP contribution in [-0.4, -0.2) is 45.8 Å². The van der Waals surface area contributed by atoms with E-state index >= 15 is 0 Å². The van der Waals surface area contributed by atoms with Gasteiger partial charge in [-0.2, -0.15) is 0 Å². The van der Waals surface area contributed by atoms with E-state index in [2.05, 4.69) is 21.2 Å². The van der Waals surface area contributed by atoms with Crippen molar-refractivity contribution >= 4 is 45.2 Å². The number of aliphatic hydroxyl groups is 1. The van der Waals surface area contributed by atoms with E-state index in [9.17, 15) is 14.7 Å². The summed E-state index contributed by atoms with van der Waals surface area (Å²) in [5.41, 5.74) is 0.453. The van der Waals surface area contributed by atoms with Crippen molar-refractivity contribution in [1.82, 2.24) is 4.90 Å². The first-order valence-electron chi connectivity index (χ1n) is 5.82. The Labute approximate surface area is 128 Å². The molecule has 6 nitrogen and oxygen atoms in total. The quantitative estimate of drug-likeness (QED) is 0.751. The number of hydrogen-bond donors (Lipinski definition) is 3. The average molecular weight is 364 g/mol. The Bertz CT molecular complexity index is 554. The average Bonchev–Trinajstić information content (AvgIpc) is 2.76. The highest BCUT2D eigenvalue weighted by Gasteiger charge is 2.38. The largest absolute Gasteiger partial charge is 0.480 e. The molecule has 0 saturated carbocycles. The Kier molecular flexibility index (Phi) is 4.52. The molecule has 1 unspecified atom stereocenters. The van der Waals surface area contributed by atoms with E-state index in [0.29, 0.717) is 15.2 Å². The molecule has 1 aromatic carbocycles. The number of carbonyl (C=O) groups is 2. The van der Waals surface area contributed by atoms with Crippen molar-refractivity contribution in [2.24, 2.45) is 0 Å². The standard InChI is InChI=1S/C12H12BrClN2O4/c13-8-2-1-6(3-9(8)14)15-12(20)16-5-7(17)4-10(16)11(18)19/h1-3,7,10,17H,4-5H2,(H,15,20)(H,18,19)/t7?,10-/m0/s1. The number of aliphatic hydroxyl groups excluding tert-OH is 1. The number of hydrogen-bond acceptors (Lipinski definition) is 3. The van der Waals surface area contributed by atoms with E-state index < -0.39 is 24.1 Å². The lowest BCUT2D eigenvalue weighted by atomic mass is 10.2. The minimum Gasteiger partial charge on any atom is -0.480 e. The maximum atomic E-state index is 12.1. The molecule has 1 aromatic rings. The fraction of sp³-hybridized carbons (Fsp3) is 0.333. The van der Waals surface area contributed by atoms with Crippen LogP contribution in [0, 0.1) is 0 Å². The molecule has 3 N–H and O–H groups in total. The molecule has 1 aliphatic heterocycles. The Balaban J connectivity index is 2.11. The number of benzene rings is 1.